The number of rotatable bonds is 4. The summed E-state index contributed by atoms with van der Waals surface area (Å²) in [5.74, 6) is -0.950. The van der Waals surface area contributed by atoms with Crippen LogP contribution in [0.1, 0.15) is 24.2 Å². The van der Waals surface area contributed by atoms with Crippen molar-refractivity contribution in [1.82, 2.24) is 15.5 Å². The van der Waals surface area contributed by atoms with Crippen LogP contribution in [0, 0.1) is 5.82 Å². The maximum atomic E-state index is 13.7. The Bertz CT molecular complexity index is 1050. The predicted molar refractivity (Wildman–Crippen MR) is 99.0 cm³/mol. The standard InChI is InChI=1S/C18H14Cl2FN3O2/c1-9(12-6-15(21)14(20)7-13(12)19)22-17(25)8-16-10-4-2-3-5-11(10)18(26)24-23-16/h2-7,9H,8H2,1H3,(H,22,25)(H,24,26)/t9-/m0/s1. The zero-order chi connectivity index (χ0) is 18.8. The van der Waals surface area contributed by atoms with Crippen LogP contribution in [-0.4, -0.2) is 16.1 Å². The summed E-state index contributed by atoms with van der Waals surface area (Å²) in [6.07, 6.45) is -0.0463. The Morgan fingerprint density at radius 1 is 1.23 bits per heavy atom. The SMILES string of the molecule is C[C@H](NC(=O)Cc1n[nH]c(=O)c2ccccc12)c1cc(F)c(Cl)cc1Cl. The quantitative estimate of drug-likeness (QED) is 0.662. The van der Waals surface area contributed by atoms with Crippen molar-refractivity contribution in [3.63, 3.8) is 0 Å². The van der Waals surface area contributed by atoms with Crippen molar-refractivity contribution in [3.8, 4) is 0 Å². The molecule has 0 fully saturated rings. The first-order valence-electron chi connectivity index (χ1n) is 7.77. The van der Waals surface area contributed by atoms with Crippen LogP contribution in [0.5, 0.6) is 0 Å². The summed E-state index contributed by atoms with van der Waals surface area (Å²) in [6.45, 7) is 1.69. The van der Waals surface area contributed by atoms with E-state index >= 15 is 0 Å². The summed E-state index contributed by atoms with van der Waals surface area (Å²) in [7, 11) is 0. The summed E-state index contributed by atoms with van der Waals surface area (Å²) in [5.41, 5.74) is 0.543. The fourth-order valence-electron chi connectivity index (χ4n) is 2.70. The fourth-order valence-corrected chi connectivity index (χ4v) is 3.25. The third kappa shape index (κ3) is 3.71. The van der Waals surface area contributed by atoms with Crippen LogP contribution >= 0.6 is 23.2 Å². The fraction of sp³-hybridized carbons (Fsp3) is 0.167. The van der Waals surface area contributed by atoms with Gasteiger partial charge in [0.05, 0.1) is 28.6 Å². The first kappa shape index (κ1) is 18.4. The van der Waals surface area contributed by atoms with Crippen LogP contribution < -0.4 is 10.9 Å². The highest BCUT2D eigenvalue weighted by molar-refractivity contribution is 6.35. The number of H-pyrrole nitrogens is 1. The molecule has 1 heterocycles. The van der Waals surface area contributed by atoms with Gasteiger partial charge in [-0.05, 0) is 30.7 Å². The predicted octanol–water partition coefficient (Wildman–Crippen LogP) is 3.79. The molecule has 3 aromatic rings. The van der Waals surface area contributed by atoms with Gasteiger partial charge in [-0.2, -0.15) is 5.10 Å². The number of halogens is 3. The summed E-state index contributed by atoms with van der Waals surface area (Å²) in [5, 5.41) is 10.3. The minimum Gasteiger partial charge on any atom is -0.349 e. The molecular formula is C18H14Cl2FN3O2. The molecule has 0 saturated carbocycles. The Kier molecular flexibility index (Phi) is 5.25. The molecule has 0 aliphatic carbocycles. The minimum absolute atomic E-state index is 0.0463. The summed E-state index contributed by atoms with van der Waals surface area (Å²) < 4.78 is 13.7. The molecule has 5 nitrogen and oxygen atoms in total. The van der Waals surface area contributed by atoms with Gasteiger partial charge in [-0.15, -0.1) is 0 Å². The van der Waals surface area contributed by atoms with E-state index in [9.17, 15) is 14.0 Å². The van der Waals surface area contributed by atoms with E-state index in [4.69, 9.17) is 23.2 Å². The van der Waals surface area contributed by atoms with Gasteiger partial charge in [-0.1, -0.05) is 41.4 Å². The van der Waals surface area contributed by atoms with Crippen molar-refractivity contribution in [3.05, 3.63) is 73.9 Å². The Hall–Kier alpha value is -2.44. The zero-order valence-corrected chi connectivity index (χ0v) is 15.2. The number of fused-ring (bicyclic) bond motifs is 1. The van der Waals surface area contributed by atoms with E-state index in [1.807, 2.05) is 0 Å². The maximum absolute atomic E-state index is 13.7. The number of carbonyl (C=O) groups is 1. The Morgan fingerprint density at radius 2 is 1.92 bits per heavy atom. The molecule has 2 N–H and O–H groups in total. The van der Waals surface area contributed by atoms with E-state index in [0.717, 1.165) is 0 Å². The van der Waals surface area contributed by atoms with Gasteiger partial charge < -0.3 is 5.32 Å². The van der Waals surface area contributed by atoms with E-state index in [1.54, 1.807) is 31.2 Å². The smallest absolute Gasteiger partial charge is 0.272 e. The van der Waals surface area contributed by atoms with Gasteiger partial charge >= 0.3 is 0 Å². The number of nitrogens with zero attached hydrogens (tertiary/aromatic N) is 1. The summed E-state index contributed by atoms with van der Waals surface area (Å²) >= 11 is 11.8. The molecule has 0 radical (unpaired) electrons. The number of aromatic nitrogens is 2. The molecule has 2 aromatic carbocycles. The van der Waals surface area contributed by atoms with Gasteiger partial charge in [0.1, 0.15) is 5.82 Å². The molecule has 0 aliphatic heterocycles. The van der Waals surface area contributed by atoms with Crippen molar-refractivity contribution in [2.75, 3.05) is 0 Å². The molecule has 1 atom stereocenters. The van der Waals surface area contributed by atoms with Crippen LogP contribution in [0.4, 0.5) is 4.39 Å². The molecule has 3 rings (SSSR count). The second-order valence-electron chi connectivity index (χ2n) is 5.80. The molecule has 0 aliphatic rings. The first-order valence-corrected chi connectivity index (χ1v) is 8.52. The van der Waals surface area contributed by atoms with Gasteiger partial charge in [-0.25, -0.2) is 9.49 Å². The van der Waals surface area contributed by atoms with Gasteiger partial charge in [0.15, 0.2) is 0 Å². The Labute approximate surface area is 158 Å². The molecule has 1 amide bonds. The minimum atomic E-state index is -0.611. The van der Waals surface area contributed by atoms with Crippen LogP contribution in [0.2, 0.25) is 10.0 Å². The van der Waals surface area contributed by atoms with Crippen molar-refractivity contribution >= 4 is 39.9 Å². The number of amides is 1. The molecule has 0 unspecified atom stereocenters. The topological polar surface area (TPSA) is 74.8 Å². The molecule has 8 heteroatoms. The van der Waals surface area contributed by atoms with Crippen LogP contribution in [0.3, 0.4) is 0 Å². The van der Waals surface area contributed by atoms with Crippen LogP contribution in [-0.2, 0) is 11.2 Å². The lowest BCUT2D eigenvalue weighted by Crippen LogP contribution is -2.29. The highest BCUT2D eigenvalue weighted by atomic mass is 35.5. The summed E-state index contributed by atoms with van der Waals surface area (Å²) in [4.78, 5) is 24.2. The van der Waals surface area contributed by atoms with E-state index in [2.05, 4.69) is 15.5 Å². The lowest BCUT2D eigenvalue weighted by molar-refractivity contribution is -0.121. The highest BCUT2D eigenvalue weighted by Gasteiger charge is 2.17. The largest absolute Gasteiger partial charge is 0.349 e. The van der Waals surface area contributed by atoms with Crippen LogP contribution in [0.25, 0.3) is 10.8 Å². The van der Waals surface area contributed by atoms with E-state index in [0.29, 0.717) is 22.0 Å². The van der Waals surface area contributed by atoms with Crippen molar-refractivity contribution < 1.29 is 9.18 Å². The van der Waals surface area contributed by atoms with Crippen LogP contribution in [0.15, 0.2) is 41.2 Å². The van der Waals surface area contributed by atoms with Gasteiger partial charge in [0, 0.05) is 10.4 Å². The number of hydrogen-bond acceptors (Lipinski definition) is 3. The first-order chi connectivity index (χ1) is 12.4. The van der Waals surface area contributed by atoms with Crippen molar-refractivity contribution in [2.45, 2.75) is 19.4 Å². The number of aromatic amines is 1. The number of benzene rings is 2. The monoisotopic (exact) mass is 393 g/mol. The lowest BCUT2D eigenvalue weighted by Gasteiger charge is -2.16. The number of carbonyl (C=O) groups excluding carboxylic acids is 1. The lowest BCUT2D eigenvalue weighted by atomic mass is 10.1. The number of nitrogens with one attached hydrogen (secondary N) is 2. The Morgan fingerprint density at radius 3 is 2.65 bits per heavy atom. The molecule has 0 bridgehead atoms. The molecular weight excluding hydrogens is 380 g/mol. The number of hydrogen-bond donors (Lipinski definition) is 2. The maximum Gasteiger partial charge on any atom is 0.272 e. The molecule has 26 heavy (non-hydrogen) atoms. The molecule has 134 valence electrons. The molecule has 1 aromatic heterocycles. The van der Waals surface area contributed by atoms with E-state index in [-0.39, 0.29) is 27.9 Å². The van der Waals surface area contributed by atoms with Crippen molar-refractivity contribution in [2.24, 2.45) is 0 Å². The zero-order valence-electron chi connectivity index (χ0n) is 13.6. The normalized spacial score (nSPS) is 12.2. The van der Waals surface area contributed by atoms with Gasteiger partial charge in [0.2, 0.25) is 5.91 Å². The average Bonchev–Trinajstić information content (AvgIpc) is 2.60. The van der Waals surface area contributed by atoms with E-state index in [1.165, 1.54) is 12.1 Å². The summed E-state index contributed by atoms with van der Waals surface area (Å²) in [6, 6.07) is 8.86. The van der Waals surface area contributed by atoms with Gasteiger partial charge in [0.25, 0.3) is 5.56 Å². The third-order valence-corrected chi connectivity index (χ3v) is 4.60. The van der Waals surface area contributed by atoms with Gasteiger partial charge in [-0.3, -0.25) is 9.59 Å². The van der Waals surface area contributed by atoms with E-state index < -0.39 is 11.9 Å². The molecule has 0 spiro atoms. The highest BCUT2D eigenvalue weighted by Crippen LogP contribution is 2.28. The average molecular weight is 394 g/mol. The van der Waals surface area contributed by atoms with Crippen molar-refractivity contribution in [1.29, 1.82) is 0 Å². The Balaban J connectivity index is 1.81. The molecule has 0 saturated heterocycles. The second-order valence-corrected chi connectivity index (χ2v) is 6.61. The third-order valence-electron chi connectivity index (χ3n) is 3.99. The second kappa shape index (κ2) is 7.43.